The number of ketones is 2. The Morgan fingerprint density at radius 3 is 2.20 bits per heavy atom. The van der Waals surface area contributed by atoms with Crippen LogP contribution in [-0.2, 0) is 9.59 Å². The zero-order valence-electron chi connectivity index (χ0n) is 8.52. The third-order valence-corrected chi connectivity index (χ3v) is 1.64. The molecule has 1 aromatic heterocycles. The number of Topliss-reactive ketones (excluding diaryl/α,β-unsaturated/α-hetero) is 2. The van der Waals surface area contributed by atoms with Gasteiger partial charge in [0.1, 0.15) is 0 Å². The Hall–Kier alpha value is -2.04. The highest BCUT2D eigenvalue weighted by Gasteiger charge is 2.11. The first-order valence-corrected chi connectivity index (χ1v) is 4.37. The second kappa shape index (κ2) is 4.99. The van der Waals surface area contributed by atoms with Crippen molar-refractivity contribution in [1.82, 2.24) is 4.98 Å². The van der Waals surface area contributed by atoms with E-state index in [0.29, 0.717) is 5.69 Å². The van der Waals surface area contributed by atoms with Crippen LogP contribution in [0.15, 0.2) is 29.6 Å². The number of rotatable bonds is 4. The van der Waals surface area contributed by atoms with Gasteiger partial charge in [0.05, 0.1) is 5.69 Å². The maximum atomic E-state index is 11.0. The van der Waals surface area contributed by atoms with Crippen molar-refractivity contribution in [2.75, 3.05) is 5.43 Å². The molecule has 0 unspecified atom stereocenters. The van der Waals surface area contributed by atoms with Gasteiger partial charge in [-0.1, -0.05) is 0 Å². The molecule has 0 fully saturated rings. The van der Waals surface area contributed by atoms with Crippen LogP contribution in [0, 0.1) is 0 Å². The van der Waals surface area contributed by atoms with Crippen LogP contribution in [0.2, 0.25) is 0 Å². The fraction of sp³-hybridized carbons (Fsp3) is 0.200. The minimum absolute atomic E-state index is 0.0909. The first-order valence-electron chi connectivity index (χ1n) is 4.37. The molecule has 1 rings (SSSR count). The lowest BCUT2D eigenvalue weighted by molar-refractivity contribution is -0.114. The van der Waals surface area contributed by atoms with Crippen molar-refractivity contribution in [2.45, 2.75) is 13.8 Å². The highest BCUT2D eigenvalue weighted by atomic mass is 16.1. The number of anilines is 1. The predicted octanol–water partition coefficient (Wildman–Crippen LogP) is 1.03. The molecule has 0 bridgehead atoms. The van der Waals surface area contributed by atoms with Crippen molar-refractivity contribution in [1.29, 1.82) is 0 Å². The zero-order valence-corrected chi connectivity index (χ0v) is 8.52. The Kier molecular flexibility index (Phi) is 3.68. The molecular weight excluding hydrogens is 194 g/mol. The summed E-state index contributed by atoms with van der Waals surface area (Å²) in [6.45, 7) is 2.60. The number of hydrazone groups is 1. The van der Waals surface area contributed by atoms with Gasteiger partial charge in [0.15, 0.2) is 17.3 Å². The Morgan fingerprint density at radius 1 is 1.20 bits per heavy atom. The first-order chi connectivity index (χ1) is 7.11. The molecule has 0 aromatic carbocycles. The van der Waals surface area contributed by atoms with Crippen LogP contribution in [0.25, 0.3) is 0 Å². The van der Waals surface area contributed by atoms with Gasteiger partial charge in [0, 0.05) is 26.2 Å². The number of pyridine rings is 1. The predicted molar refractivity (Wildman–Crippen MR) is 56.7 cm³/mol. The molecule has 1 N–H and O–H groups in total. The number of nitrogens with zero attached hydrogens (tertiary/aromatic N) is 2. The summed E-state index contributed by atoms with van der Waals surface area (Å²) >= 11 is 0. The Balaban J connectivity index is 2.79. The van der Waals surface area contributed by atoms with Gasteiger partial charge in [-0.05, 0) is 12.1 Å². The van der Waals surface area contributed by atoms with Crippen molar-refractivity contribution in [2.24, 2.45) is 5.10 Å². The van der Waals surface area contributed by atoms with E-state index >= 15 is 0 Å². The summed E-state index contributed by atoms with van der Waals surface area (Å²) in [5, 5.41) is 3.73. The standard InChI is InChI=1S/C10H11N3O2/c1-7(14)10(8(2)15)13-12-9-3-5-11-6-4-9/h3-6H,1-2H3,(H,11,12). The van der Waals surface area contributed by atoms with Gasteiger partial charge in [-0.2, -0.15) is 5.10 Å². The van der Waals surface area contributed by atoms with E-state index in [-0.39, 0.29) is 17.3 Å². The van der Waals surface area contributed by atoms with E-state index in [0.717, 1.165) is 0 Å². The summed E-state index contributed by atoms with van der Waals surface area (Å²) in [7, 11) is 0. The highest BCUT2D eigenvalue weighted by molar-refractivity contribution is 6.65. The first kappa shape index (κ1) is 11.0. The number of carbonyl (C=O) groups is 2. The molecule has 5 nitrogen and oxygen atoms in total. The van der Waals surface area contributed by atoms with E-state index in [1.54, 1.807) is 24.5 Å². The number of aromatic nitrogens is 1. The number of hydrogen-bond donors (Lipinski definition) is 1. The Bertz CT molecular complexity index is 382. The molecule has 78 valence electrons. The summed E-state index contributed by atoms with van der Waals surface area (Å²) in [6.07, 6.45) is 3.16. The number of hydrogen-bond acceptors (Lipinski definition) is 5. The fourth-order valence-corrected chi connectivity index (χ4v) is 0.952. The minimum Gasteiger partial charge on any atom is -0.293 e. The third-order valence-electron chi connectivity index (χ3n) is 1.64. The Morgan fingerprint density at radius 2 is 1.73 bits per heavy atom. The van der Waals surface area contributed by atoms with Gasteiger partial charge in [-0.25, -0.2) is 0 Å². The normalized spacial score (nSPS) is 9.20. The monoisotopic (exact) mass is 205 g/mol. The van der Waals surface area contributed by atoms with Gasteiger partial charge in [0.2, 0.25) is 0 Å². The van der Waals surface area contributed by atoms with Crippen molar-refractivity contribution in [3.63, 3.8) is 0 Å². The van der Waals surface area contributed by atoms with Crippen LogP contribution in [0.4, 0.5) is 5.69 Å². The molecule has 15 heavy (non-hydrogen) atoms. The smallest absolute Gasteiger partial charge is 0.183 e. The zero-order chi connectivity index (χ0) is 11.3. The van der Waals surface area contributed by atoms with Crippen molar-refractivity contribution >= 4 is 23.0 Å². The van der Waals surface area contributed by atoms with E-state index in [9.17, 15) is 9.59 Å². The van der Waals surface area contributed by atoms with E-state index in [2.05, 4.69) is 15.5 Å². The van der Waals surface area contributed by atoms with Gasteiger partial charge in [-0.15, -0.1) is 0 Å². The fourth-order valence-electron chi connectivity index (χ4n) is 0.952. The van der Waals surface area contributed by atoms with Crippen molar-refractivity contribution in [3.05, 3.63) is 24.5 Å². The van der Waals surface area contributed by atoms with E-state index in [1.165, 1.54) is 13.8 Å². The second-order valence-electron chi connectivity index (χ2n) is 2.92. The number of nitrogens with one attached hydrogen (secondary N) is 1. The molecular formula is C10H11N3O2. The summed E-state index contributed by atoms with van der Waals surface area (Å²) in [4.78, 5) is 25.8. The van der Waals surface area contributed by atoms with Crippen molar-refractivity contribution < 1.29 is 9.59 Å². The lowest BCUT2D eigenvalue weighted by atomic mass is 10.2. The SMILES string of the molecule is CC(=O)C(=NNc1ccncc1)C(C)=O. The van der Waals surface area contributed by atoms with Crippen LogP contribution >= 0.6 is 0 Å². The summed E-state index contributed by atoms with van der Waals surface area (Å²) in [6, 6.07) is 3.36. The molecule has 0 saturated carbocycles. The van der Waals surface area contributed by atoms with Crippen LogP contribution in [0.3, 0.4) is 0 Å². The Labute approximate surface area is 87.2 Å². The third kappa shape index (κ3) is 3.30. The lowest BCUT2D eigenvalue weighted by Crippen LogP contribution is -2.20. The van der Waals surface area contributed by atoms with Crippen LogP contribution in [0.5, 0.6) is 0 Å². The summed E-state index contributed by atoms with van der Waals surface area (Å²) in [5.74, 6) is -0.715. The molecule has 0 amide bonds. The molecule has 1 aromatic rings. The molecule has 1 heterocycles. The van der Waals surface area contributed by atoms with Crippen LogP contribution in [0.1, 0.15) is 13.8 Å². The molecule has 0 aliphatic carbocycles. The topological polar surface area (TPSA) is 71.4 Å². The van der Waals surface area contributed by atoms with E-state index in [4.69, 9.17) is 0 Å². The maximum Gasteiger partial charge on any atom is 0.183 e. The van der Waals surface area contributed by atoms with Gasteiger partial charge in [0.25, 0.3) is 0 Å². The quantitative estimate of drug-likeness (QED) is 0.452. The van der Waals surface area contributed by atoms with Gasteiger partial charge >= 0.3 is 0 Å². The van der Waals surface area contributed by atoms with Gasteiger partial charge < -0.3 is 0 Å². The van der Waals surface area contributed by atoms with Gasteiger partial charge in [-0.3, -0.25) is 20.0 Å². The van der Waals surface area contributed by atoms with Crippen LogP contribution in [-0.4, -0.2) is 22.3 Å². The molecule has 0 spiro atoms. The minimum atomic E-state index is -0.357. The molecule has 0 aliphatic heterocycles. The molecule has 0 saturated heterocycles. The van der Waals surface area contributed by atoms with Crippen LogP contribution < -0.4 is 5.43 Å². The average molecular weight is 205 g/mol. The molecule has 0 atom stereocenters. The molecule has 0 aliphatic rings. The average Bonchev–Trinajstić information content (AvgIpc) is 2.18. The maximum absolute atomic E-state index is 11.0. The summed E-state index contributed by atoms with van der Waals surface area (Å²) in [5.41, 5.74) is 3.19. The lowest BCUT2D eigenvalue weighted by Gasteiger charge is -2.00. The molecule has 0 radical (unpaired) electrons. The largest absolute Gasteiger partial charge is 0.293 e. The second-order valence-corrected chi connectivity index (χ2v) is 2.92. The van der Waals surface area contributed by atoms with E-state index in [1.807, 2.05) is 0 Å². The van der Waals surface area contributed by atoms with E-state index < -0.39 is 0 Å². The molecule has 5 heteroatoms. The summed E-state index contributed by atoms with van der Waals surface area (Å²) < 4.78 is 0. The van der Waals surface area contributed by atoms with Crippen molar-refractivity contribution in [3.8, 4) is 0 Å². The number of carbonyl (C=O) groups excluding carboxylic acids is 2. The highest BCUT2D eigenvalue weighted by Crippen LogP contribution is 2.02.